The van der Waals surface area contributed by atoms with Crippen LogP contribution in [0.1, 0.15) is 35.8 Å². The monoisotopic (exact) mass is 590 g/mol. The highest BCUT2D eigenvalue weighted by Crippen LogP contribution is 2.32. The first-order valence-electron chi connectivity index (χ1n) is 12.8. The molecule has 2 amide bonds. The Bertz CT molecular complexity index is 1580. The van der Waals surface area contributed by atoms with E-state index in [1.807, 2.05) is 0 Å². The zero-order valence-electron chi connectivity index (χ0n) is 21.9. The lowest BCUT2D eigenvalue weighted by atomic mass is 9.97. The van der Waals surface area contributed by atoms with Crippen LogP contribution in [-0.2, 0) is 22.9 Å². The average molecular weight is 591 g/mol. The van der Waals surface area contributed by atoms with E-state index in [2.05, 4.69) is 9.97 Å². The molecular formula is C28H24F6N6O2. The fourth-order valence-electron chi connectivity index (χ4n) is 5.09. The van der Waals surface area contributed by atoms with Crippen molar-refractivity contribution in [3.63, 3.8) is 0 Å². The first-order valence-corrected chi connectivity index (χ1v) is 12.8. The van der Waals surface area contributed by atoms with Crippen LogP contribution in [0, 0.1) is 34.9 Å². The van der Waals surface area contributed by atoms with Gasteiger partial charge < -0.3 is 18.9 Å². The Labute approximate surface area is 235 Å². The number of imidazole rings is 2. The van der Waals surface area contributed by atoms with Gasteiger partial charge in [-0.25, -0.2) is 36.3 Å². The number of halogens is 6. The summed E-state index contributed by atoms with van der Waals surface area (Å²) in [5.41, 5.74) is -0.0515. The zero-order valence-corrected chi connectivity index (χ0v) is 21.9. The number of likely N-dealkylation sites (tertiary alicyclic amines) is 2. The molecule has 2 unspecified atom stereocenters. The summed E-state index contributed by atoms with van der Waals surface area (Å²) in [5.74, 6) is -7.68. The van der Waals surface area contributed by atoms with Crippen molar-refractivity contribution in [2.75, 3.05) is 13.1 Å². The molecule has 2 saturated heterocycles. The van der Waals surface area contributed by atoms with Gasteiger partial charge >= 0.3 is 0 Å². The third-order valence-corrected chi connectivity index (χ3v) is 7.16. The number of amides is 2. The summed E-state index contributed by atoms with van der Waals surface area (Å²) in [6, 6.07) is 2.81. The number of carbonyl (C=O) groups excluding carboxylic acids is 2. The van der Waals surface area contributed by atoms with E-state index >= 15 is 0 Å². The molecule has 0 bridgehead atoms. The van der Waals surface area contributed by atoms with Gasteiger partial charge in [0.1, 0.15) is 11.6 Å². The van der Waals surface area contributed by atoms with Gasteiger partial charge in [-0.3, -0.25) is 9.59 Å². The van der Waals surface area contributed by atoms with E-state index in [0.717, 1.165) is 12.1 Å². The van der Waals surface area contributed by atoms with Crippen molar-refractivity contribution in [3.8, 4) is 0 Å². The topological polar surface area (TPSA) is 76.3 Å². The molecule has 2 aliphatic rings. The van der Waals surface area contributed by atoms with Crippen LogP contribution in [-0.4, -0.2) is 53.8 Å². The Hall–Kier alpha value is -4.62. The molecule has 0 aliphatic carbocycles. The summed E-state index contributed by atoms with van der Waals surface area (Å²) in [7, 11) is 0. The van der Waals surface area contributed by atoms with E-state index in [4.69, 9.17) is 0 Å². The Morgan fingerprint density at radius 3 is 1.69 bits per heavy atom. The molecule has 8 nitrogen and oxygen atoms in total. The normalized spacial score (nSPS) is 18.5. The molecule has 0 N–H and O–H groups in total. The number of benzene rings is 2. The maximum atomic E-state index is 13.8. The smallest absolute Gasteiger partial charge is 0.224 e. The minimum absolute atomic E-state index is 0.0362. The second kappa shape index (κ2) is 12.1. The van der Waals surface area contributed by atoms with Crippen molar-refractivity contribution in [1.82, 2.24) is 28.9 Å². The molecule has 220 valence electrons. The van der Waals surface area contributed by atoms with Gasteiger partial charge in [0.2, 0.25) is 11.8 Å². The molecular weight excluding hydrogens is 566 g/mol. The van der Waals surface area contributed by atoms with Crippen LogP contribution in [0.5, 0.6) is 0 Å². The molecule has 42 heavy (non-hydrogen) atoms. The summed E-state index contributed by atoms with van der Waals surface area (Å²) in [6.45, 7) is 1.07. The van der Waals surface area contributed by atoms with Gasteiger partial charge in [-0.2, -0.15) is 0 Å². The Morgan fingerprint density at radius 1 is 0.643 bits per heavy atom. The molecule has 4 heterocycles. The molecule has 0 spiro atoms. The number of hydrogen-bond donors (Lipinski definition) is 0. The lowest BCUT2D eigenvalue weighted by molar-refractivity contribution is -0.129. The Morgan fingerprint density at radius 2 is 1.17 bits per heavy atom. The summed E-state index contributed by atoms with van der Waals surface area (Å²) < 4.78 is 83.7. The van der Waals surface area contributed by atoms with Crippen LogP contribution in [0.15, 0.2) is 61.7 Å². The summed E-state index contributed by atoms with van der Waals surface area (Å²) in [4.78, 5) is 34.7. The molecule has 0 radical (unpaired) electrons. The van der Waals surface area contributed by atoms with Crippen molar-refractivity contribution >= 4 is 11.8 Å². The summed E-state index contributed by atoms with van der Waals surface area (Å²) in [5, 5.41) is 0. The largest absolute Gasteiger partial charge is 0.324 e. The van der Waals surface area contributed by atoms with Gasteiger partial charge in [0.15, 0.2) is 23.3 Å². The quantitative estimate of drug-likeness (QED) is 0.244. The SMILES string of the molecule is O=C1CC(c2cc(F)c(F)cc2F)CN1Cn1ccnc1.O=C1CC(c2cc(F)cc(F)c2F)CN1Cn1ccnc1. The van der Waals surface area contributed by atoms with Crippen LogP contribution in [0.4, 0.5) is 26.3 Å². The first-order chi connectivity index (χ1) is 20.1. The molecule has 2 fully saturated rings. The standard InChI is InChI=1S/2C14H12F3N3O/c15-11-5-13(17)12(16)4-10(11)9-3-14(21)20(6-9)8-19-2-1-18-7-19;15-10-4-11(14(17)12(16)5-10)9-3-13(21)20(6-9)8-19-2-1-18-7-19/h2*1-2,4-5,7,9H,3,6,8H2. The number of aromatic nitrogens is 4. The fraction of sp³-hybridized carbons (Fsp3) is 0.286. The van der Waals surface area contributed by atoms with E-state index < -0.39 is 46.7 Å². The number of rotatable bonds is 6. The van der Waals surface area contributed by atoms with Crippen LogP contribution in [0.2, 0.25) is 0 Å². The maximum Gasteiger partial charge on any atom is 0.224 e. The maximum absolute atomic E-state index is 13.8. The second-order valence-electron chi connectivity index (χ2n) is 10.0. The third kappa shape index (κ3) is 6.31. The Kier molecular flexibility index (Phi) is 8.31. The van der Waals surface area contributed by atoms with Gasteiger partial charge in [-0.1, -0.05) is 0 Å². The molecule has 4 aromatic rings. The number of nitrogens with zero attached hydrogens (tertiary/aromatic N) is 6. The molecule has 2 aliphatic heterocycles. The number of hydrogen-bond acceptors (Lipinski definition) is 4. The van der Waals surface area contributed by atoms with Crippen LogP contribution < -0.4 is 0 Å². The van der Waals surface area contributed by atoms with Crippen molar-refractivity contribution in [1.29, 1.82) is 0 Å². The van der Waals surface area contributed by atoms with Gasteiger partial charge in [0.05, 0.1) is 26.0 Å². The van der Waals surface area contributed by atoms with Gasteiger partial charge in [0, 0.05) is 74.7 Å². The van der Waals surface area contributed by atoms with Gasteiger partial charge in [0.25, 0.3) is 0 Å². The average Bonchev–Trinajstić information content (AvgIpc) is 3.76. The van der Waals surface area contributed by atoms with Crippen molar-refractivity contribution in [3.05, 3.63) is 108 Å². The molecule has 2 atom stereocenters. The summed E-state index contributed by atoms with van der Waals surface area (Å²) in [6.07, 6.45) is 9.82. The van der Waals surface area contributed by atoms with Crippen LogP contribution in [0.3, 0.4) is 0 Å². The minimum Gasteiger partial charge on any atom is -0.324 e. The van der Waals surface area contributed by atoms with E-state index in [-0.39, 0.29) is 55.5 Å². The first kappa shape index (κ1) is 28.9. The molecule has 6 rings (SSSR count). The fourth-order valence-corrected chi connectivity index (χ4v) is 5.09. The molecule has 2 aromatic heterocycles. The predicted molar refractivity (Wildman–Crippen MR) is 135 cm³/mol. The molecule has 2 aromatic carbocycles. The lowest BCUT2D eigenvalue weighted by Crippen LogP contribution is -2.27. The zero-order chi connectivity index (χ0) is 30.0. The number of carbonyl (C=O) groups is 2. The van der Waals surface area contributed by atoms with E-state index in [9.17, 15) is 35.9 Å². The molecule has 0 saturated carbocycles. The lowest BCUT2D eigenvalue weighted by Gasteiger charge is -2.17. The van der Waals surface area contributed by atoms with E-state index in [1.165, 1.54) is 9.80 Å². The van der Waals surface area contributed by atoms with Crippen molar-refractivity contribution in [2.24, 2.45) is 0 Å². The van der Waals surface area contributed by atoms with Gasteiger partial charge in [-0.15, -0.1) is 0 Å². The second-order valence-corrected chi connectivity index (χ2v) is 10.0. The predicted octanol–water partition coefficient (Wildman–Crippen LogP) is 4.55. The van der Waals surface area contributed by atoms with Crippen LogP contribution >= 0.6 is 0 Å². The highest BCUT2D eigenvalue weighted by molar-refractivity contribution is 5.80. The highest BCUT2D eigenvalue weighted by atomic mass is 19.2. The van der Waals surface area contributed by atoms with E-state index in [1.54, 1.807) is 46.6 Å². The van der Waals surface area contributed by atoms with Gasteiger partial charge in [-0.05, 0) is 23.3 Å². The highest BCUT2D eigenvalue weighted by Gasteiger charge is 2.34. The van der Waals surface area contributed by atoms with Crippen molar-refractivity contribution in [2.45, 2.75) is 38.0 Å². The van der Waals surface area contributed by atoms with Crippen molar-refractivity contribution < 1.29 is 35.9 Å². The van der Waals surface area contributed by atoms with Crippen LogP contribution in [0.25, 0.3) is 0 Å². The minimum atomic E-state index is -1.23. The van der Waals surface area contributed by atoms with E-state index in [0.29, 0.717) is 18.8 Å². The molecule has 14 heteroatoms. The Balaban J connectivity index is 0.000000168. The third-order valence-electron chi connectivity index (χ3n) is 7.16. The summed E-state index contributed by atoms with van der Waals surface area (Å²) >= 11 is 0.